The van der Waals surface area contributed by atoms with Crippen molar-refractivity contribution in [2.75, 3.05) is 24.6 Å². The predicted molar refractivity (Wildman–Crippen MR) is 91.3 cm³/mol. The molecule has 0 aromatic heterocycles. The van der Waals surface area contributed by atoms with Gasteiger partial charge in [0.2, 0.25) is 0 Å². The van der Waals surface area contributed by atoms with E-state index in [1.807, 2.05) is 4.90 Å². The van der Waals surface area contributed by atoms with Gasteiger partial charge in [-0.25, -0.2) is 4.79 Å². The molecule has 2 rings (SSSR count). The van der Waals surface area contributed by atoms with E-state index in [0.717, 1.165) is 11.8 Å². The van der Waals surface area contributed by atoms with Gasteiger partial charge in [-0.2, -0.15) is 0 Å². The lowest BCUT2D eigenvalue weighted by Gasteiger charge is -2.32. The normalized spacial score (nSPS) is 15.3. The minimum atomic E-state index is -1.17. The number of nitro groups is 1. The molecule has 0 unspecified atom stereocenters. The van der Waals surface area contributed by atoms with Crippen molar-refractivity contribution in [3.8, 4) is 0 Å². The van der Waals surface area contributed by atoms with E-state index in [0.29, 0.717) is 32.5 Å². The number of nitro benzene ring substituents is 1. The number of carbonyl (C=O) groups excluding carboxylic acids is 1. The molecule has 25 heavy (non-hydrogen) atoms. The Labute approximate surface area is 144 Å². The number of carboxylic acid groups (broad SMARTS) is 1. The zero-order valence-electron chi connectivity index (χ0n) is 13.9. The average Bonchev–Trinajstić information content (AvgIpc) is 2.60. The van der Waals surface area contributed by atoms with E-state index in [9.17, 15) is 19.7 Å². The van der Waals surface area contributed by atoms with E-state index in [-0.39, 0.29) is 23.1 Å². The van der Waals surface area contributed by atoms with E-state index in [1.54, 1.807) is 19.1 Å². The molecule has 1 N–H and O–H groups in total. The van der Waals surface area contributed by atoms with Gasteiger partial charge in [-0.1, -0.05) is 0 Å². The third kappa shape index (κ3) is 4.79. The molecule has 1 aromatic rings. The fraction of sp³-hybridized carbons (Fsp3) is 0.412. The summed E-state index contributed by atoms with van der Waals surface area (Å²) >= 11 is 0. The van der Waals surface area contributed by atoms with Crippen molar-refractivity contribution in [1.29, 1.82) is 0 Å². The predicted octanol–water partition coefficient (Wildman–Crippen LogP) is 2.47. The number of esters is 1. The summed E-state index contributed by atoms with van der Waals surface area (Å²) in [6.45, 7) is 3.39. The molecule has 8 heteroatoms. The van der Waals surface area contributed by atoms with Crippen LogP contribution >= 0.6 is 0 Å². The van der Waals surface area contributed by atoms with Crippen LogP contribution in [0.5, 0.6) is 0 Å². The summed E-state index contributed by atoms with van der Waals surface area (Å²) < 4.78 is 5.04. The first kappa shape index (κ1) is 18.4. The fourth-order valence-electron chi connectivity index (χ4n) is 2.83. The van der Waals surface area contributed by atoms with Crippen molar-refractivity contribution in [1.82, 2.24) is 0 Å². The van der Waals surface area contributed by atoms with Gasteiger partial charge in [0, 0.05) is 30.9 Å². The van der Waals surface area contributed by atoms with Gasteiger partial charge >= 0.3 is 11.9 Å². The van der Waals surface area contributed by atoms with Gasteiger partial charge in [0.1, 0.15) is 0 Å². The van der Waals surface area contributed by atoms with Crippen LogP contribution in [-0.2, 0) is 14.3 Å². The van der Waals surface area contributed by atoms with Crippen LogP contribution in [0.4, 0.5) is 11.4 Å². The summed E-state index contributed by atoms with van der Waals surface area (Å²) in [4.78, 5) is 35.0. The number of benzene rings is 1. The smallest absolute Gasteiger partial charge is 0.328 e. The summed E-state index contributed by atoms with van der Waals surface area (Å²) in [5.41, 5.74) is 0.845. The van der Waals surface area contributed by atoms with Crippen molar-refractivity contribution in [3.63, 3.8) is 0 Å². The van der Waals surface area contributed by atoms with Crippen LogP contribution in [0.1, 0.15) is 25.3 Å². The number of carbonyl (C=O) groups is 2. The lowest BCUT2D eigenvalue weighted by atomic mass is 9.96. The second-order valence-corrected chi connectivity index (χ2v) is 5.69. The molecule has 1 saturated heterocycles. The van der Waals surface area contributed by atoms with E-state index in [1.165, 1.54) is 12.1 Å². The van der Waals surface area contributed by atoms with Gasteiger partial charge < -0.3 is 14.7 Å². The summed E-state index contributed by atoms with van der Waals surface area (Å²) in [6, 6.07) is 4.61. The molecule has 0 radical (unpaired) electrons. The van der Waals surface area contributed by atoms with Gasteiger partial charge in [-0.05, 0) is 38.0 Å². The van der Waals surface area contributed by atoms with Crippen LogP contribution in [-0.4, -0.2) is 41.7 Å². The van der Waals surface area contributed by atoms with Crippen LogP contribution in [0.15, 0.2) is 24.3 Å². The van der Waals surface area contributed by atoms with Crippen molar-refractivity contribution >= 4 is 29.4 Å². The van der Waals surface area contributed by atoms with E-state index >= 15 is 0 Å². The number of nitrogens with zero attached hydrogens (tertiary/aromatic N) is 2. The lowest BCUT2D eigenvalue weighted by molar-refractivity contribution is -0.385. The highest BCUT2D eigenvalue weighted by Crippen LogP contribution is 2.29. The largest absolute Gasteiger partial charge is 0.478 e. The molecule has 134 valence electrons. The van der Waals surface area contributed by atoms with Crippen molar-refractivity contribution in [2.45, 2.75) is 19.8 Å². The molecule has 1 aromatic carbocycles. The minimum Gasteiger partial charge on any atom is -0.478 e. The maximum atomic E-state index is 11.8. The van der Waals surface area contributed by atoms with Gasteiger partial charge in [-0.3, -0.25) is 14.9 Å². The first-order valence-electron chi connectivity index (χ1n) is 8.03. The van der Waals surface area contributed by atoms with Gasteiger partial charge in [0.15, 0.2) is 0 Å². The monoisotopic (exact) mass is 348 g/mol. The number of anilines is 1. The SMILES string of the molecule is CCOC(=O)C1CCN(c2ccc([N+](=O)[O-])c(C=CC(=O)O)c2)CC1. The molecule has 0 amide bonds. The molecule has 0 bridgehead atoms. The second-order valence-electron chi connectivity index (χ2n) is 5.69. The number of hydrogen-bond acceptors (Lipinski definition) is 6. The number of rotatable bonds is 6. The zero-order valence-corrected chi connectivity index (χ0v) is 13.9. The van der Waals surface area contributed by atoms with Gasteiger partial charge in [-0.15, -0.1) is 0 Å². The Kier molecular flexibility index (Phi) is 6.10. The van der Waals surface area contributed by atoms with Crippen LogP contribution in [0, 0.1) is 16.0 Å². The van der Waals surface area contributed by atoms with Crippen molar-refractivity contribution < 1.29 is 24.4 Å². The number of piperidine rings is 1. The number of carboxylic acids is 1. The maximum Gasteiger partial charge on any atom is 0.328 e. The molecule has 8 nitrogen and oxygen atoms in total. The summed E-state index contributed by atoms with van der Waals surface area (Å²) in [5.74, 6) is -1.48. The summed E-state index contributed by atoms with van der Waals surface area (Å²) in [7, 11) is 0. The fourth-order valence-corrected chi connectivity index (χ4v) is 2.83. The van der Waals surface area contributed by atoms with Crippen LogP contribution in [0.25, 0.3) is 6.08 Å². The molecule has 0 saturated carbocycles. The topological polar surface area (TPSA) is 110 Å². The molecule has 0 atom stereocenters. The molecule has 1 heterocycles. The molecule has 0 spiro atoms. The van der Waals surface area contributed by atoms with Crippen LogP contribution in [0.2, 0.25) is 0 Å². The first-order valence-corrected chi connectivity index (χ1v) is 8.03. The Morgan fingerprint density at radius 2 is 2.08 bits per heavy atom. The lowest BCUT2D eigenvalue weighted by Crippen LogP contribution is -2.37. The Hall–Kier alpha value is -2.90. The second kappa shape index (κ2) is 8.27. The summed E-state index contributed by atoms with van der Waals surface area (Å²) in [6.07, 6.45) is 3.39. The number of aliphatic carboxylic acids is 1. The first-order chi connectivity index (χ1) is 11.9. The molecule has 1 aliphatic rings. The van der Waals surface area contributed by atoms with E-state index < -0.39 is 10.9 Å². The maximum absolute atomic E-state index is 11.8. The van der Waals surface area contributed by atoms with Crippen LogP contribution in [0.3, 0.4) is 0 Å². The third-order valence-corrected chi connectivity index (χ3v) is 4.09. The van der Waals surface area contributed by atoms with Gasteiger partial charge in [0.25, 0.3) is 5.69 Å². The minimum absolute atomic E-state index is 0.124. The third-order valence-electron chi connectivity index (χ3n) is 4.09. The van der Waals surface area contributed by atoms with Crippen LogP contribution < -0.4 is 4.90 Å². The number of hydrogen-bond donors (Lipinski definition) is 1. The summed E-state index contributed by atoms with van der Waals surface area (Å²) in [5, 5.41) is 19.8. The molecule has 0 aliphatic carbocycles. The Morgan fingerprint density at radius 3 is 2.64 bits per heavy atom. The van der Waals surface area contributed by atoms with Gasteiger partial charge in [0.05, 0.1) is 23.0 Å². The zero-order chi connectivity index (χ0) is 18.4. The standard InChI is InChI=1S/C17H20N2O6/c1-2-25-17(22)12-7-9-18(10-8-12)14-4-5-15(19(23)24)13(11-14)3-6-16(20)21/h3-6,11-12H,2,7-10H2,1H3,(H,20,21). The van der Waals surface area contributed by atoms with Crippen molar-refractivity contribution in [3.05, 3.63) is 40.0 Å². The molecule has 1 fully saturated rings. The molecular formula is C17H20N2O6. The van der Waals surface area contributed by atoms with E-state index in [4.69, 9.17) is 9.84 Å². The van der Waals surface area contributed by atoms with Crippen molar-refractivity contribution in [2.24, 2.45) is 5.92 Å². The highest BCUT2D eigenvalue weighted by molar-refractivity contribution is 5.86. The highest BCUT2D eigenvalue weighted by Gasteiger charge is 2.26. The van der Waals surface area contributed by atoms with E-state index in [2.05, 4.69) is 0 Å². The average molecular weight is 348 g/mol. The Bertz CT molecular complexity index is 692. The quantitative estimate of drug-likeness (QED) is 0.364. The highest BCUT2D eigenvalue weighted by atomic mass is 16.6. The molecular weight excluding hydrogens is 328 g/mol. The Morgan fingerprint density at radius 1 is 1.40 bits per heavy atom. The Balaban J connectivity index is 2.15. The molecule has 1 aliphatic heterocycles. The number of ether oxygens (including phenoxy) is 1.